The highest BCUT2D eigenvalue weighted by atomic mass is 35.5. The van der Waals surface area contributed by atoms with Crippen LogP contribution in [0.4, 0.5) is 10.1 Å². The van der Waals surface area contributed by atoms with Gasteiger partial charge in [-0.25, -0.2) is 4.39 Å². The van der Waals surface area contributed by atoms with Crippen LogP contribution in [0.25, 0.3) is 0 Å². The van der Waals surface area contributed by atoms with Crippen molar-refractivity contribution in [2.24, 2.45) is 0 Å². The predicted molar refractivity (Wildman–Crippen MR) is 59.7 cm³/mol. The van der Waals surface area contributed by atoms with Gasteiger partial charge in [0.05, 0.1) is 15.7 Å². The highest BCUT2D eigenvalue weighted by Crippen LogP contribution is 2.38. The number of rotatable bonds is 1. The molecule has 0 radical (unpaired) electrons. The first-order chi connectivity index (χ1) is 6.37. The summed E-state index contributed by atoms with van der Waals surface area (Å²) < 4.78 is 13.7. The lowest BCUT2D eigenvalue weighted by Crippen LogP contribution is -2.02. The Labute approximate surface area is 93.0 Å². The van der Waals surface area contributed by atoms with Crippen LogP contribution in [0.1, 0.15) is 30.9 Å². The van der Waals surface area contributed by atoms with E-state index in [0.717, 1.165) is 0 Å². The van der Waals surface area contributed by atoms with Gasteiger partial charge in [0.15, 0.2) is 0 Å². The molecule has 78 valence electrons. The van der Waals surface area contributed by atoms with Crippen molar-refractivity contribution in [3.05, 3.63) is 27.0 Å². The Balaban J connectivity index is 3.60. The number of hydrogen-bond donors (Lipinski definition) is 1. The van der Waals surface area contributed by atoms with Crippen LogP contribution in [0.2, 0.25) is 10.0 Å². The van der Waals surface area contributed by atoms with Gasteiger partial charge >= 0.3 is 0 Å². The van der Waals surface area contributed by atoms with E-state index >= 15 is 0 Å². The summed E-state index contributed by atoms with van der Waals surface area (Å²) in [6.45, 7) is 5.33. The zero-order valence-electron chi connectivity index (χ0n) is 8.29. The summed E-state index contributed by atoms with van der Waals surface area (Å²) >= 11 is 11.7. The van der Waals surface area contributed by atoms with Crippen molar-refractivity contribution < 1.29 is 4.39 Å². The second kappa shape index (κ2) is 3.95. The fourth-order valence-corrected chi connectivity index (χ4v) is 1.96. The number of anilines is 1. The van der Waals surface area contributed by atoms with E-state index in [1.54, 1.807) is 6.92 Å². The van der Waals surface area contributed by atoms with Crippen molar-refractivity contribution in [1.82, 2.24) is 0 Å². The van der Waals surface area contributed by atoms with Crippen molar-refractivity contribution in [3.63, 3.8) is 0 Å². The Morgan fingerprint density at radius 1 is 1.21 bits per heavy atom. The number of nitrogen functional groups attached to an aromatic ring is 1. The molecule has 0 aliphatic carbocycles. The van der Waals surface area contributed by atoms with Crippen molar-refractivity contribution in [2.75, 3.05) is 5.73 Å². The molecule has 0 fully saturated rings. The van der Waals surface area contributed by atoms with Gasteiger partial charge < -0.3 is 5.73 Å². The van der Waals surface area contributed by atoms with E-state index in [1.165, 1.54) is 0 Å². The molecule has 2 N–H and O–H groups in total. The minimum Gasteiger partial charge on any atom is -0.397 e. The Kier molecular flexibility index (Phi) is 3.28. The van der Waals surface area contributed by atoms with Gasteiger partial charge in [0.2, 0.25) is 0 Å². The topological polar surface area (TPSA) is 26.0 Å². The lowest BCUT2D eigenvalue weighted by molar-refractivity contribution is 0.598. The predicted octanol–water partition coefficient (Wildman–Crippen LogP) is 4.15. The molecule has 0 aliphatic rings. The highest BCUT2D eigenvalue weighted by molar-refractivity contribution is 6.36. The fourth-order valence-electron chi connectivity index (χ4n) is 1.31. The third-order valence-corrected chi connectivity index (χ3v) is 3.07. The van der Waals surface area contributed by atoms with E-state index < -0.39 is 5.82 Å². The molecule has 0 unspecified atom stereocenters. The highest BCUT2D eigenvalue weighted by Gasteiger charge is 2.20. The quantitative estimate of drug-likeness (QED) is 0.575. The van der Waals surface area contributed by atoms with Gasteiger partial charge in [-0.15, -0.1) is 0 Å². The monoisotopic (exact) mass is 235 g/mol. The minimum atomic E-state index is -0.460. The molecule has 1 aromatic carbocycles. The van der Waals surface area contributed by atoms with Gasteiger partial charge in [-0.05, 0) is 18.4 Å². The zero-order chi connectivity index (χ0) is 11.0. The van der Waals surface area contributed by atoms with Crippen LogP contribution in [0, 0.1) is 12.7 Å². The molecule has 0 atom stereocenters. The van der Waals surface area contributed by atoms with Crippen molar-refractivity contribution in [3.8, 4) is 0 Å². The molecule has 1 aromatic rings. The van der Waals surface area contributed by atoms with Crippen LogP contribution < -0.4 is 5.73 Å². The van der Waals surface area contributed by atoms with Crippen LogP contribution in [-0.4, -0.2) is 0 Å². The maximum Gasteiger partial charge on any atom is 0.147 e. The van der Waals surface area contributed by atoms with Gasteiger partial charge in [0.1, 0.15) is 5.82 Å². The molecule has 0 saturated carbocycles. The van der Waals surface area contributed by atoms with Crippen LogP contribution >= 0.6 is 23.2 Å². The third kappa shape index (κ3) is 1.69. The summed E-state index contributed by atoms with van der Waals surface area (Å²) in [5, 5.41) is 0.343. The van der Waals surface area contributed by atoms with Gasteiger partial charge in [-0.3, -0.25) is 0 Å². The molecule has 0 saturated heterocycles. The van der Waals surface area contributed by atoms with E-state index in [0.29, 0.717) is 16.8 Å². The molecule has 0 aromatic heterocycles. The molecule has 1 nitrogen and oxygen atoms in total. The summed E-state index contributed by atoms with van der Waals surface area (Å²) in [5.41, 5.74) is 6.96. The van der Waals surface area contributed by atoms with Gasteiger partial charge in [-0.2, -0.15) is 0 Å². The SMILES string of the molecule is Cc1c(N)c(Cl)c(C(C)C)c(F)c1Cl. The number of nitrogens with two attached hydrogens (primary N) is 1. The lowest BCUT2D eigenvalue weighted by Gasteiger charge is -2.15. The Bertz CT molecular complexity index is 346. The molecule has 0 heterocycles. The summed E-state index contributed by atoms with van der Waals surface area (Å²) in [4.78, 5) is 0. The second-order valence-corrected chi connectivity index (χ2v) is 4.30. The first-order valence-corrected chi connectivity index (χ1v) is 5.05. The first-order valence-electron chi connectivity index (χ1n) is 4.30. The van der Waals surface area contributed by atoms with Crippen molar-refractivity contribution in [1.29, 1.82) is 0 Å². The fraction of sp³-hybridized carbons (Fsp3) is 0.400. The third-order valence-electron chi connectivity index (χ3n) is 2.21. The standard InChI is InChI=1S/C10H12Cl2FN/c1-4(2)6-8(12)10(14)5(3)7(11)9(6)13/h4H,14H2,1-3H3. The van der Waals surface area contributed by atoms with Crippen LogP contribution in [-0.2, 0) is 0 Å². The molecule has 0 spiro atoms. The van der Waals surface area contributed by atoms with Crippen LogP contribution in [0.3, 0.4) is 0 Å². The summed E-state index contributed by atoms with van der Waals surface area (Å²) in [5.74, 6) is -0.499. The van der Waals surface area contributed by atoms with Crippen molar-refractivity contribution >= 4 is 28.9 Å². The lowest BCUT2D eigenvalue weighted by atomic mass is 9.99. The summed E-state index contributed by atoms with van der Waals surface area (Å²) in [6, 6.07) is 0. The second-order valence-electron chi connectivity index (χ2n) is 3.55. The molecular formula is C10H12Cl2FN. The zero-order valence-corrected chi connectivity index (χ0v) is 9.80. The van der Waals surface area contributed by atoms with E-state index in [9.17, 15) is 4.39 Å². The summed E-state index contributed by atoms with van der Waals surface area (Å²) in [7, 11) is 0. The number of hydrogen-bond acceptors (Lipinski definition) is 1. The van der Waals surface area contributed by atoms with E-state index in [4.69, 9.17) is 28.9 Å². The van der Waals surface area contributed by atoms with E-state index in [-0.39, 0.29) is 16.0 Å². The van der Waals surface area contributed by atoms with Crippen LogP contribution in [0.15, 0.2) is 0 Å². The molecule has 4 heteroatoms. The molecule has 1 rings (SSSR count). The molecule has 14 heavy (non-hydrogen) atoms. The van der Waals surface area contributed by atoms with Gasteiger partial charge in [-0.1, -0.05) is 37.0 Å². The number of halogens is 3. The van der Waals surface area contributed by atoms with Crippen molar-refractivity contribution in [2.45, 2.75) is 26.7 Å². The van der Waals surface area contributed by atoms with Crippen LogP contribution in [0.5, 0.6) is 0 Å². The average molecular weight is 236 g/mol. The molecule has 0 bridgehead atoms. The Morgan fingerprint density at radius 2 is 1.71 bits per heavy atom. The first kappa shape index (κ1) is 11.6. The minimum absolute atomic E-state index is 0.0390. The Hall–Kier alpha value is -0.470. The van der Waals surface area contributed by atoms with Gasteiger partial charge in [0, 0.05) is 5.56 Å². The average Bonchev–Trinajstić information content (AvgIpc) is 2.11. The molecule has 0 aliphatic heterocycles. The smallest absolute Gasteiger partial charge is 0.147 e. The summed E-state index contributed by atoms with van der Waals surface area (Å²) in [6.07, 6.45) is 0. The maximum atomic E-state index is 13.7. The number of benzene rings is 1. The normalized spacial score (nSPS) is 11.1. The largest absolute Gasteiger partial charge is 0.397 e. The molecular weight excluding hydrogens is 224 g/mol. The molecule has 0 amide bonds. The van der Waals surface area contributed by atoms with E-state index in [2.05, 4.69) is 0 Å². The maximum absolute atomic E-state index is 13.7. The van der Waals surface area contributed by atoms with E-state index in [1.807, 2.05) is 13.8 Å². The van der Waals surface area contributed by atoms with Gasteiger partial charge in [0.25, 0.3) is 0 Å². The Morgan fingerprint density at radius 3 is 2.14 bits per heavy atom.